The minimum Gasteiger partial charge on any atom is -0.494 e. The zero-order chi connectivity index (χ0) is 21.5. The molecule has 158 valence electrons. The van der Waals surface area contributed by atoms with Gasteiger partial charge in [0.05, 0.1) is 19.3 Å². The summed E-state index contributed by atoms with van der Waals surface area (Å²) < 4.78 is 20.8. The van der Waals surface area contributed by atoms with Gasteiger partial charge in [-0.2, -0.15) is 0 Å². The van der Waals surface area contributed by atoms with E-state index in [2.05, 4.69) is 5.32 Å². The van der Waals surface area contributed by atoms with Crippen LogP contribution in [0, 0.1) is 5.82 Å². The van der Waals surface area contributed by atoms with Crippen molar-refractivity contribution in [3.05, 3.63) is 63.5 Å². The lowest BCUT2D eigenvalue weighted by molar-refractivity contribution is -0.135. The highest BCUT2D eigenvalue weighted by Gasteiger charge is 2.10. The molecular weight excluding hydrogens is 429 g/mol. The van der Waals surface area contributed by atoms with E-state index in [0.29, 0.717) is 36.0 Å². The Labute approximate surface area is 182 Å². The number of ether oxygens (including phenoxy) is 1. The molecule has 0 bridgehead atoms. The smallest absolute Gasteiger partial charge is 0.317 e. The summed E-state index contributed by atoms with van der Waals surface area (Å²) in [6.45, 7) is 1.07. The number of halogens is 2. The highest BCUT2D eigenvalue weighted by atomic mass is 35.5. The van der Waals surface area contributed by atoms with Crippen LogP contribution in [-0.4, -0.2) is 35.8 Å². The number of benzene rings is 2. The van der Waals surface area contributed by atoms with Gasteiger partial charge in [-0.25, -0.2) is 9.38 Å². The van der Waals surface area contributed by atoms with Crippen LogP contribution in [0.15, 0.2) is 52.8 Å². The van der Waals surface area contributed by atoms with E-state index in [4.69, 9.17) is 26.4 Å². The molecule has 0 aliphatic carbocycles. The third-order valence-electron chi connectivity index (χ3n) is 4.31. The topological polar surface area (TPSA) is 75.8 Å². The summed E-state index contributed by atoms with van der Waals surface area (Å²) in [7, 11) is 1.56. The van der Waals surface area contributed by atoms with Crippen LogP contribution in [-0.2, 0) is 11.3 Å². The number of carboxylic acid groups (broad SMARTS) is 1. The van der Waals surface area contributed by atoms with Gasteiger partial charge in [-0.15, -0.1) is 11.3 Å². The first-order chi connectivity index (χ1) is 14.5. The normalized spacial score (nSPS) is 11.6. The highest BCUT2D eigenvalue weighted by molar-refractivity contribution is 7.07. The standard InChI is InChI=1S/C21H21ClFN3O3S/c1-29-19-11-15(22)5-8-17(19)25-21-26(10-2-9-24-12-20(27)28)18(13-30-21)14-3-6-16(23)7-4-14/h3-8,11,13,24H,2,9-10,12H2,1H3,(H,27,28). The van der Waals surface area contributed by atoms with E-state index in [0.717, 1.165) is 16.1 Å². The maximum absolute atomic E-state index is 13.4. The van der Waals surface area contributed by atoms with Gasteiger partial charge in [-0.1, -0.05) is 11.6 Å². The Balaban J connectivity index is 1.96. The summed E-state index contributed by atoms with van der Waals surface area (Å²) in [5.41, 5.74) is 2.42. The lowest BCUT2D eigenvalue weighted by Crippen LogP contribution is -2.25. The van der Waals surface area contributed by atoms with Crippen molar-refractivity contribution in [3.63, 3.8) is 0 Å². The molecule has 0 saturated heterocycles. The Hall–Kier alpha value is -2.68. The first-order valence-corrected chi connectivity index (χ1v) is 10.5. The molecule has 0 unspecified atom stereocenters. The number of nitrogens with one attached hydrogen (secondary N) is 1. The van der Waals surface area contributed by atoms with Gasteiger partial charge in [0, 0.05) is 23.0 Å². The molecule has 1 aromatic heterocycles. The van der Waals surface area contributed by atoms with E-state index < -0.39 is 5.97 Å². The molecule has 9 heteroatoms. The molecule has 1 heterocycles. The van der Waals surface area contributed by atoms with Crippen LogP contribution in [0.3, 0.4) is 0 Å². The number of methoxy groups -OCH3 is 1. The largest absolute Gasteiger partial charge is 0.494 e. The molecule has 30 heavy (non-hydrogen) atoms. The zero-order valence-corrected chi connectivity index (χ0v) is 17.8. The Morgan fingerprint density at radius 3 is 2.77 bits per heavy atom. The molecule has 0 amide bonds. The van der Waals surface area contributed by atoms with Crippen molar-refractivity contribution in [3.8, 4) is 17.0 Å². The minimum absolute atomic E-state index is 0.0850. The van der Waals surface area contributed by atoms with Crippen LogP contribution in [0.5, 0.6) is 5.75 Å². The maximum atomic E-state index is 13.4. The SMILES string of the molecule is COc1cc(Cl)ccc1N=c1scc(-c2ccc(F)cc2)n1CCCNCC(=O)O. The van der Waals surface area contributed by atoms with Crippen LogP contribution in [0.4, 0.5) is 10.1 Å². The second-order valence-electron chi connectivity index (χ2n) is 6.41. The number of aliphatic carboxylic acids is 1. The molecular formula is C21H21ClFN3O3S. The van der Waals surface area contributed by atoms with Crippen LogP contribution in [0.1, 0.15) is 6.42 Å². The molecule has 0 atom stereocenters. The molecule has 2 aromatic carbocycles. The lowest BCUT2D eigenvalue weighted by atomic mass is 10.1. The van der Waals surface area contributed by atoms with Gasteiger partial charge in [0.2, 0.25) is 0 Å². The first-order valence-electron chi connectivity index (χ1n) is 9.23. The van der Waals surface area contributed by atoms with Crippen molar-refractivity contribution < 1.29 is 19.0 Å². The molecule has 0 aliphatic rings. The van der Waals surface area contributed by atoms with Crippen LogP contribution in [0.2, 0.25) is 5.02 Å². The predicted octanol–water partition coefficient (Wildman–Crippen LogP) is 4.31. The van der Waals surface area contributed by atoms with Gasteiger partial charge in [0.15, 0.2) is 4.80 Å². The number of nitrogens with zero attached hydrogens (tertiary/aromatic N) is 2. The van der Waals surface area contributed by atoms with Gasteiger partial charge in [-0.3, -0.25) is 4.79 Å². The van der Waals surface area contributed by atoms with Gasteiger partial charge in [0.1, 0.15) is 17.3 Å². The predicted molar refractivity (Wildman–Crippen MR) is 116 cm³/mol. The minimum atomic E-state index is -0.893. The second-order valence-corrected chi connectivity index (χ2v) is 7.69. The van der Waals surface area contributed by atoms with E-state index in [1.54, 1.807) is 37.4 Å². The van der Waals surface area contributed by atoms with Crippen molar-refractivity contribution in [1.29, 1.82) is 0 Å². The molecule has 2 N–H and O–H groups in total. The number of carbonyl (C=O) groups is 1. The third-order valence-corrected chi connectivity index (χ3v) is 5.41. The molecule has 0 aliphatic heterocycles. The van der Waals surface area contributed by atoms with Crippen molar-refractivity contribution in [2.24, 2.45) is 4.99 Å². The monoisotopic (exact) mass is 449 g/mol. The summed E-state index contributed by atoms with van der Waals surface area (Å²) in [5, 5.41) is 14.2. The quantitative estimate of drug-likeness (QED) is 0.477. The van der Waals surface area contributed by atoms with Gasteiger partial charge in [0.25, 0.3) is 0 Å². The summed E-state index contributed by atoms with van der Waals surface area (Å²) >= 11 is 7.51. The number of rotatable bonds is 9. The highest BCUT2D eigenvalue weighted by Crippen LogP contribution is 2.30. The summed E-state index contributed by atoms with van der Waals surface area (Å²) in [6.07, 6.45) is 0.698. The van der Waals surface area contributed by atoms with Gasteiger partial charge < -0.3 is 19.7 Å². The summed E-state index contributed by atoms with van der Waals surface area (Å²) in [6, 6.07) is 11.5. The lowest BCUT2D eigenvalue weighted by Gasteiger charge is -2.10. The van der Waals surface area contributed by atoms with Crippen molar-refractivity contribution in [2.75, 3.05) is 20.2 Å². The molecule has 0 fully saturated rings. The maximum Gasteiger partial charge on any atom is 0.317 e. The molecule has 3 aromatic rings. The fourth-order valence-electron chi connectivity index (χ4n) is 2.89. The van der Waals surface area contributed by atoms with Crippen LogP contribution < -0.4 is 14.9 Å². The van der Waals surface area contributed by atoms with E-state index in [9.17, 15) is 9.18 Å². The Morgan fingerprint density at radius 2 is 2.07 bits per heavy atom. The Kier molecular flexibility index (Phi) is 7.62. The van der Waals surface area contributed by atoms with Crippen molar-refractivity contribution >= 4 is 34.6 Å². The fraction of sp³-hybridized carbons (Fsp3) is 0.238. The summed E-state index contributed by atoms with van der Waals surface area (Å²) in [5.74, 6) is -0.626. The van der Waals surface area contributed by atoms with E-state index in [-0.39, 0.29) is 12.4 Å². The van der Waals surface area contributed by atoms with Crippen molar-refractivity contribution in [2.45, 2.75) is 13.0 Å². The van der Waals surface area contributed by atoms with E-state index in [1.807, 2.05) is 9.95 Å². The zero-order valence-electron chi connectivity index (χ0n) is 16.3. The van der Waals surface area contributed by atoms with Crippen molar-refractivity contribution in [1.82, 2.24) is 9.88 Å². The number of aromatic nitrogens is 1. The first kappa shape index (κ1) is 22.0. The van der Waals surface area contributed by atoms with E-state index >= 15 is 0 Å². The number of hydrogen-bond donors (Lipinski definition) is 2. The molecule has 0 spiro atoms. The van der Waals surface area contributed by atoms with Crippen LogP contribution in [0.25, 0.3) is 11.3 Å². The van der Waals surface area contributed by atoms with Crippen LogP contribution >= 0.6 is 22.9 Å². The Morgan fingerprint density at radius 1 is 1.30 bits per heavy atom. The third kappa shape index (κ3) is 5.69. The number of hydrogen-bond acceptors (Lipinski definition) is 5. The number of thiazole rings is 1. The second kappa shape index (κ2) is 10.4. The van der Waals surface area contributed by atoms with Gasteiger partial charge >= 0.3 is 5.97 Å². The molecule has 0 saturated carbocycles. The Bertz CT molecular complexity index is 1080. The number of carboxylic acids is 1. The average molecular weight is 450 g/mol. The summed E-state index contributed by atoms with van der Waals surface area (Å²) in [4.78, 5) is 16.2. The fourth-order valence-corrected chi connectivity index (χ4v) is 4.00. The average Bonchev–Trinajstić information content (AvgIpc) is 3.11. The van der Waals surface area contributed by atoms with Gasteiger partial charge in [-0.05, 0) is 54.9 Å². The molecule has 0 radical (unpaired) electrons. The molecule has 3 rings (SSSR count). The molecule has 6 nitrogen and oxygen atoms in total. The van der Waals surface area contributed by atoms with E-state index in [1.165, 1.54) is 23.5 Å².